The van der Waals surface area contributed by atoms with Crippen molar-refractivity contribution in [2.75, 3.05) is 13.2 Å². The molecule has 0 aromatic heterocycles. The molecule has 0 bridgehead atoms. The number of aliphatic hydroxyl groups excluding tert-OH is 1. The van der Waals surface area contributed by atoms with E-state index in [1.165, 1.54) is 0 Å². The molecule has 9 heavy (non-hydrogen) atoms. The van der Waals surface area contributed by atoms with Crippen LogP contribution in [-0.2, 0) is 12.6 Å². The van der Waals surface area contributed by atoms with Crippen molar-refractivity contribution in [3.05, 3.63) is 0 Å². The molecule has 0 aliphatic heterocycles. The van der Waals surface area contributed by atoms with Gasteiger partial charge < -0.3 is 35.3 Å². The molecule has 2 nitrogen and oxygen atoms in total. The maximum Gasteiger partial charge on any atom is 1.00 e. The molecule has 0 atom stereocenters. The van der Waals surface area contributed by atoms with Crippen molar-refractivity contribution < 1.29 is 34.7 Å². The standard InChI is InChI=1S/C4H9NOS2.Na/c6-3-1-2-5-4(7)8;/h6H,1-3H2,(H2,5,7,8);/q;+1/p-1. The Labute approximate surface area is 88.1 Å². The summed E-state index contributed by atoms with van der Waals surface area (Å²) < 4.78 is 0.374. The van der Waals surface area contributed by atoms with Gasteiger partial charge in [-0.3, -0.25) is 0 Å². The molecule has 5 heteroatoms. The average molecular weight is 173 g/mol. The van der Waals surface area contributed by atoms with Gasteiger partial charge in [0.15, 0.2) is 0 Å². The molecule has 0 amide bonds. The van der Waals surface area contributed by atoms with Gasteiger partial charge in [0.25, 0.3) is 0 Å². The first-order valence-electron chi connectivity index (χ1n) is 2.33. The van der Waals surface area contributed by atoms with Crippen LogP contribution in [0, 0.1) is 0 Å². The van der Waals surface area contributed by atoms with Crippen molar-refractivity contribution in [1.29, 1.82) is 0 Å². The molecule has 2 N–H and O–H groups in total. The third-order valence-electron chi connectivity index (χ3n) is 0.604. The zero-order valence-corrected chi connectivity index (χ0v) is 9.02. The molecule has 0 aromatic carbocycles. The number of aliphatic hydroxyl groups is 1. The molecule has 0 aromatic rings. The summed E-state index contributed by atoms with van der Waals surface area (Å²) in [5, 5.41) is 11.0. The zero-order valence-electron chi connectivity index (χ0n) is 5.39. The summed E-state index contributed by atoms with van der Waals surface area (Å²) in [5.41, 5.74) is 0. The first-order valence-corrected chi connectivity index (χ1v) is 3.14. The molecule has 0 fully saturated rings. The van der Waals surface area contributed by atoms with Crippen molar-refractivity contribution in [1.82, 2.24) is 5.32 Å². The smallest absolute Gasteiger partial charge is 0.412 e. The van der Waals surface area contributed by atoms with E-state index in [2.05, 4.69) is 30.2 Å². The summed E-state index contributed by atoms with van der Waals surface area (Å²) in [5.74, 6) is 0. The summed E-state index contributed by atoms with van der Waals surface area (Å²) in [4.78, 5) is 0. The molecule has 0 aliphatic rings. The van der Waals surface area contributed by atoms with Gasteiger partial charge in [0.1, 0.15) is 0 Å². The van der Waals surface area contributed by atoms with Crippen LogP contribution in [0.1, 0.15) is 6.42 Å². The van der Waals surface area contributed by atoms with Crippen LogP contribution in [0.15, 0.2) is 0 Å². The normalized spacial score (nSPS) is 7.67. The van der Waals surface area contributed by atoms with Crippen LogP contribution in [0.5, 0.6) is 0 Å². The van der Waals surface area contributed by atoms with Crippen LogP contribution in [0.25, 0.3) is 0 Å². The molecular formula is C4H8NNaOS2. The van der Waals surface area contributed by atoms with Crippen LogP contribution in [0.3, 0.4) is 0 Å². The molecule has 0 aliphatic carbocycles. The topological polar surface area (TPSA) is 32.3 Å². The van der Waals surface area contributed by atoms with E-state index in [0.29, 0.717) is 17.3 Å². The minimum atomic E-state index is 0. The SMILES string of the molecule is OCCCNC(=S)[S-].[Na+]. The van der Waals surface area contributed by atoms with Gasteiger partial charge in [-0.05, 0) is 6.42 Å². The second kappa shape index (κ2) is 9.07. The Balaban J connectivity index is 0. The van der Waals surface area contributed by atoms with Gasteiger partial charge in [-0.2, -0.15) is 0 Å². The Hall–Kier alpha value is 1.07. The van der Waals surface area contributed by atoms with Crippen molar-refractivity contribution in [3.8, 4) is 0 Å². The summed E-state index contributed by atoms with van der Waals surface area (Å²) >= 11 is 9.06. The minimum Gasteiger partial charge on any atom is -0.412 e. The van der Waals surface area contributed by atoms with E-state index in [-0.39, 0.29) is 36.2 Å². The number of hydrogen-bond acceptors (Lipinski definition) is 3. The Kier molecular flexibility index (Phi) is 12.8. The van der Waals surface area contributed by atoms with Crippen molar-refractivity contribution in [3.63, 3.8) is 0 Å². The number of rotatable bonds is 3. The van der Waals surface area contributed by atoms with Gasteiger partial charge >= 0.3 is 29.6 Å². The summed E-state index contributed by atoms with van der Waals surface area (Å²) in [6.07, 6.45) is 0.705. The van der Waals surface area contributed by atoms with Crippen molar-refractivity contribution >= 4 is 29.2 Å². The molecule has 0 heterocycles. The molecule has 0 saturated carbocycles. The maximum atomic E-state index is 8.26. The number of thiocarbonyl (C=S) groups is 1. The molecule has 0 rings (SSSR count). The molecule has 0 unspecified atom stereocenters. The largest absolute Gasteiger partial charge is 1.00 e. The molecule has 0 radical (unpaired) electrons. The predicted molar refractivity (Wildman–Crippen MR) is 39.7 cm³/mol. The van der Waals surface area contributed by atoms with Gasteiger partial charge in [0.2, 0.25) is 0 Å². The van der Waals surface area contributed by atoms with E-state index in [9.17, 15) is 0 Å². The van der Waals surface area contributed by atoms with Crippen molar-refractivity contribution in [2.45, 2.75) is 6.42 Å². The Morgan fingerprint density at radius 1 is 1.67 bits per heavy atom. The summed E-state index contributed by atoms with van der Waals surface area (Å²) in [7, 11) is 0. The van der Waals surface area contributed by atoms with Crippen LogP contribution >= 0.6 is 12.2 Å². The number of hydrogen-bond donors (Lipinski definition) is 2. The van der Waals surface area contributed by atoms with E-state index >= 15 is 0 Å². The van der Waals surface area contributed by atoms with E-state index < -0.39 is 0 Å². The van der Waals surface area contributed by atoms with Gasteiger partial charge in [-0.15, -0.1) is 0 Å². The Morgan fingerprint density at radius 2 is 2.22 bits per heavy atom. The average Bonchev–Trinajstić information content (AvgIpc) is 1.66. The third kappa shape index (κ3) is 12.3. The Morgan fingerprint density at radius 3 is 2.56 bits per heavy atom. The quantitative estimate of drug-likeness (QED) is 0.204. The second-order valence-electron chi connectivity index (χ2n) is 1.29. The first-order chi connectivity index (χ1) is 3.77. The Bertz CT molecular complexity index is 81.0. The summed E-state index contributed by atoms with van der Waals surface area (Å²) in [6.45, 7) is 0.865. The monoisotopic (exact) mass is 173 g/mol. The molecule has 0 spiro atoms. The van der Waals surface area contributed by atoms with Crippen LogP contribution in [0.2, 0.25) is 0 Å². The van der Waals surface area contributed by atoms with Gasteiger partial charge in [0.05, 0.1) is 0 Å². The second-order valence-corrected chi connectivity index (χ2v) is 2.37. The van der Waals surface area contributed by atoms with Gasteiger partial charge in [0, 0.05) is 13.2 Å². The van der Waals surface area contributed by atoms with E-state index in [0.717, 1.165) is 0 Å². The predicted octanol–water partition coefficient (Wildman–Crippen LogP) is -3.21. The fourth-order valence-corrected chi connectivity index (χ4v) is 0.474. The van der Waals surface area contributed by atoms with E-state index in [4.69, 9.17) is 5.11 Å². The van der Waals surface area contributed by atoms with Crippen LogP contribution in [-0.4, -0.2) is 22.6 Å². The molecule has 48 valence electrons. The van der Waals surface area contributed by atoms with Gasteiger partial charge in [-0.25, -0.2) is 0 Å². The van der Waals surface area contributed by atoms with Gasteiger partial charge in [-0.1, -0.05) is 4.32 Å². The zero-order chi connectivity index (χ0) is 6.41. The van der Waals surface area contributed by atoms with Crippen LogP contribution < -0.4 is 34.9 Å². The first kappa shape index (κ1) is 12.7. The maximum absolute atomic E-state index is 8.26. The molecule has 0 saturated heterocycles. The van der Waals surface area contributed by atoms with Crippen LogP contribution in [0.4, 0.5) is 0 Å². The third-order valence-corrected chi connectivity index (χ3v) is 0.893. The molecular weight excluding hydrogens is 165 g/mol. The van der Waals surface area contributed by atoms with E-state index in [1.54, 1.807) is 0 Å². The minimum absolute atomic E-state index is 0. The fraction of sp³-hybridized carbons (Fsp3) is 0.750. The fourth-order valence-electron chi connectivity index (χ4n) is 0.270. The number of nitrogens with one attached hydrogen (secondary N) is 1. The summed E-state index contributed by atoms with van der Waals surface area (Å²) in [6, 6.07) is 0. The van der Waals surface area contributed by atoms with E-state index in [1.807, 2.05) is 0 Å². The van der Waals surface area contributed by atoms with Crippen molar-refractivity contribution in [2.24, 2.45) is 0 Å².